The molecule has 3 aliphatic heterocycles. The molecule has 5 heteroatoms. The molecule has 186 valence electrons. The molecule has 0 bridgehead atoms. The number of dihydropyridines is 1. The topological polar surface area (TPSA) is 36.1 Å². The van der Waals surface area contributed by atoms with E-state index in [9.17, 15) is 0 Å². The van der Waals surface area contributed by atoms with E-state index < -0.39 is 0 Å². The van der Waals surface area contributed by atoms with Crippen LogP contribution >= 0.6 is 23.5 Å². The maximum Gasteiger partial charge on any atom is 0.103 e. The van der Waals surface area contributed by atoms with Gasteiger partial charge in [0.25, 0.3) is 0 Å². The lowest BCUT2D eigenvalue weighted by molar-refractivity contribution is 0.497. The minimum Gasteiger partial charge on any atom is -0.381 e. The molecule has 0 aliphatic carbocycles. The van der Waals surface area contributed by atoms with Crippen LogP contribution in [-0.4, -0.2) is 13.1 Å². The zero-order chi connectivity index (χ0) is 25.3. The lowest BCUT2D eigenvalue weighted by Crippen LogP contribution is -2.34. The Labute approximate surface area is 232 Å². The van der Waals surface area contributed by atoms with Crippen LogP contribution in [0.3, 0.4) is 0 Å². The lowest BCUT2D eigenvalue weighted by atomic mass is 9.99. The summed E-state index contributed by atoms with van der Waals surface area (Å²) in [6, 6.07) is 31.4. The van der Waals surface area contributed by atoms with Crippen molar-refractivity contribution in [1.82, 2.24) is 16.0 Å². The third kappa shape index (κ3) is 4.47. The molecule has 0 saturated carbocycles. The fraction of sp³-hybridized carbons (Fsp3) is 0.0909. The van der Waals surface area contributed by atoms with Crippen molar-refractivity contribution in [3.63, 3.8) is 0 Å². The summed E-state index contributed by atoms with van der Waals surface area (Å²) in [7, 11) is 0. The van der Waals surface area contributed by atoms with E-state index in [0.29, 0.717) is 0 Å². The van der Waals surface area contributed by atoms with Crippen molar-refractivity contribution in [3.8, 4) is 22.3 Å². The molecule has 4 aromatic rings. The SMILES string of the molecule is C1=CCNC(c2ccc3c(c2)Sc2ccccc2-c2ccccc2Sc2cc(C4NC=CCN4)ccc2-3)=C1. The molecule has 38 heavy (non-hydrogen) atoms. The van der Waals surface area contributed by atoms with E-state index in [2.05, 4.69) is 125 Å². The van der Waals surface area contributed by atoms with Crippen LogP contribution in [0.1, 0.15) is 17.3 Å². The normalized spacial score (nSPS) is 17.6. The highest BCUT2D eigenvalue weighted by Gasteiger charge is 2.21. The van der Waals surface area contributed by atoms with Crippen molar-refractivity contribution in [2.24, 2.45) is 0 Å². The molecule has 3 N–H and O–H groups in total. The fourth-order valence-corrected chi connectivity index (χ4v) is 7.46. The number of allylic oxidation sites excluding steroid dienone is 2. The van der Waals surface area contributed by atoms with Gasteiger partial charge in [0.15, 0.2) is 0 Å². The van der Waals surface area contributed by atoms with Gasteiger partial charge in [-0.15, -0.1) is 0 Å². The molecule has 0 radical (unpaired) electrons. The van der Waals surface area contributed by atoms with Gasteiger partial charge in [-0.25, -0.2) is 0 Å². The summed E-state index contributed by atoms with van der Waals surface area (Å²) in [6.45, 7) is 1.72. The largest absolute Gasteiger partial charge is 0.381 e. The number of nitrogens with one attached hydrogen (secondary N) is 3. The third-order valence-electron chi connectivity index (χ3n) is 7.06. The zero-order valence-electron chi connectivity index (χ0n) is 20.8. The Kier molecular flexibility index (Phi) is 6.34. The first-order valence-corrected chi connectivity index (χ1v) is 14.5. The monoisotopic (exact) mass is 529 g/mol. The number of fused-ring (bicyclic) bond motifs is 6. The summed E-state index contributed by atoms with van der Waals surface area (Å²) in [6.07, 6.45) is 10.7. The highest BCUT2D eigenvalue weighted by molar-refractivity contribution is 8.00. The Morgan fingerprint density at radius 1 is 0.632 bits per heavy atom. The van der Waals surface area contributed by atoms with Crippen molar-refractivity contribution < 1.29 is 0 Å². The summed E-state index contributed by atoms with van der Waals surface area (Å²) < 4.78 is 0. The highest BCUT2D eigenvalue weighted by Crippen LogP contribution is 2.49. The highest BCUT2D eigenvalue weighted by atomic mass is 32.2. The van der Waals surface area contributed by atoms with Crippen LogP contribution in [0.15, 0.2) is 135 Å². The van der Waals surface area contributed by atoms with Crippen molar-refractivity contribution in [3.05, 3.63) is 127 Å². The Balaban J connectivity index is 1.44. The van der Waals surface area contributed by atoms with Crippen LogP contribution in [0, 0.1) is 0 Å². The first-order chi connectivity index (χ1) is 18.8. The Hall–Kier alpha value is -3.64. The molecule has 0 amide bonds. The Bertz CT molecular complexity index is 1620. The van der Waals surface area contributed by atoms with Gasteiger partial charge in [-0.1, -0.05) is 102 Å². The second-order valence-electron chi connectivity index (χ2n) is 9.46. The van der Waals surface area contributed by atoms with E-state index in [1.807, 2.05) is 29.7 Å². The smallest absolute Gasteiger partial charge is 0.103 e. The third-order valence-corrected chi connectivity index (χ3v) is 9.32. The molecule has 4 aromatic carbocycles. The number of hydrogen-bond acceptors (Lipinski definition) is 5. The number of benzene rings is 4. The molecule has 1 unspecified atom stereocenters. The molecular formula is C33H27N3S2. The minimum atomic E-state index is 0.103. The predicted molar refractivity (Wildman–Crippen MR) is 160 cm³/mol. The standard InChI is InChI=1S/C33H27N3S2/c1-3-11-29-24(8-1)25-9-2-4-12-30(25)38-32-21-23(33-35-18-7-19-36-33)14-16-27(32)26-15-13-22(20-31(26)37-29)28-10-5-6-17-34-28/h1-16,18,20-21,33-36H,17,19H2. The molecule has 3 heterocycles. The fourth-order valence-electron chi connectivity index (χ4n) is 5.16. The second-order valence-corrected chi connectivity index (χ2v) is 11.6. The molecule has 3 aliphatic rings. The molecule has 7 rings (SSSR count). The van der Waals surface area contributed by atoms with Crippen LogP contribution in [0.5, 0.6) is 0 Å². The summed E-state index contributed by atoms with van der Waals surface area (Å²) in [5, 5.41) is 10.6. The second kappa shape index (κ2) is 10.3. The zero-order valence-corrected chi connectivity index (χ0v) is 22.4. The Morgan fingerprint density at radius 2 is 1.32 bits per heavy atom. The van der Waals surface area contributed by atoms with Gasteiger partial charge in [-0.05, 0) is 69.9 Å². The average Bonchev–Trinajstić information content (AvgIpc) is 2.99. The van der Waals surface area contributed by atoms with Gasteiger partial charge in [0.05, 0.1) is 0 Å². The van der Waals surface area contributed by atoms with Crippen LogP contribution in [0.25, 0.3) is 28.0 Å². The lowest BCUT2D eigenvalue weighted by Gasteiger charge is -2.25. The van der Waals surface area contributed by atoms with Gasteiger partial charge in [0, 0.05) is 38.4 Å². The van der Waals surface area contributed by atoms with Crippen LogP contribution in [-0.2, 0) is 0 Å². The first kappa shape index (κ1) is 23.5. The molecule has 3 nitrogen and oxygen atoms in total. The van der Waals surface area contributed by atoms with Gasteiger partial charge >= 0.3 is 0 Å². The van der Waals surface area contributed by atoms with E-state index in [1.165, 1.54) is 58.7 Å². The van der Waals surface area contributed by atoms with Crippen molar-refractivity contribution in [1.29, 1.82) is 0 Å². The van der Waals surface area contributed by atoms with Crippen molar-refractivity contribution in [2.75, 3.05) is 13.1 Å². The van der Waals surface area contributed by atoms with E-state index in [-0.39, 0.29) is 6.17 Å². The quantitative estimate of drug-likeness (QED) is 0.217. The van der Waals surface area contributed by atoms with Gasteiger partial charge in [0.2, 0.25) is 0 Å². The summed E-state index contributed by atoms with van der Waals surface area (Å²) >= 11 is 3.72. The summed E-state index contributed by atoms with van der Waals surface area (Å²) in [4.78, 5) is 5.07. The van der Waals surface area contributed by atoms with Gasteiger partial charge in [-0.3, -0.25) is 5.32 Å². The number of rotatable bonds is 2. The van der Waals surface area contributed by atoms with Crippen LogP contribution in [0.4, 0.5) is 0 Å². The summed E-state index contributed by atoms with van der Waals surface area (Å²) in [5.41, 5.74) is 8.69. The molecule has 1 atom stereocenters. The predicted octanol–water partition coefficient (Wildman–Crippen LogP) is 7.84. The molecule has 0 saturated heterocycles. The molecule has 0 fully saturated rings. The summed E-state index contributed by atoms with van der Waals surface area (Å²) in [5.74, 6) is 0. The van der Waals surface area contributed by atoms with Crippen molar-refractivity contribution >= 4 is 29.2 Å². The molecule has 0 spiro atoms. The molecule has 0 aromatic heterocycles. The van der Waals surface area contributed by atoms with Gasteiger partial charge in [0.1, 0.15) is 6.17 Å². The van der Waals surface area contributed by atoms with E-state index in [0.717, 1.165) is 13.1 Å². The van der Waals surface area contributed by atoms with E-state index >= 15 is 0 Å². The van der Waals surface area contributed by atoms with E-state index in [1.54, 1.807) is 0 Å². The van der Waals surface area contributed by atoms with Crippen molar-refractivity contribution in [2.45, 2.75) is 25.7 Å². The average molecular weight is 530 g/mol. The van der Waals surface area contributed by atoms with Gasteiger partial charge < -0.3 is 10.6 Å². The number of hydrogen-bond donors (Lipinski definition) is 3. The maximum absolute atomic E-state index is 3.56. The Morgan fingerprint density at radius 3 is 2.00 bits per heavy atom. The van der Waals surface area contributed by atoms with Crippen LogP contribution in [0.2, 0.25) is 0 Å². The minimum absolute atomic E-state index is 0.103. The molecular weight excluding hydrogens is 503 g/mol. The maximum atomic E-state index is 3.56. The van der Waals surface area contributed by atoms with Crippen LogP contribution < -0.4 is 16.0 Å². The first-order valence-electron chi connectivity index (χ1n) is 12.9. The van der Waals surface area contributed by atoms with E-state index in [4.69, 9.17) is 0 Å². The van der Waals surface area contributed by atoms with Gasteiger partial charge in [-0.2, -0.15) is 0 Å².